The molecule has 0 radical (unpaired) electrons. The number of aromatic nitrogens is 2. The maximum absolute atomic E-state index is 12.1. The molecule has 24 heavy (non-hydrogen) atoms. The molecule has 0 aliphatic carbocycles. The molecule has 0 unspecified atom stereocenters. The van der Waals surface area contributed by atoms with Gasteiger partial charge in [-0.05, 0) is 31.2 Å². The molecule has 9 heteroatoms. The Morgan fingerprint density at radius 3 is 2.71 bits per heavy atom. The first-order valence-corrected chi connectivity index (χ1v) is 9.08. The lowest BCUT2D eigenvalue weighted by Crippen LogP contribution is -2.25. The molecule has 128 valence electrons. The summed E-state index contributed by atoms with van der Waals surface area (Å²) in [6, 6.07) is 6.07. The van der Waals surface area contributed by atoms with Gasteiger partial charge in [0.1, 0.15) is 0 Å². The summed E-state index contributed by atoms with van der Waals surface area (Å²) >= 11 is 0. The van der Waals surface area contributed by atoms with E-state index in [4.69, 9.17) is 9.88 Å². The van der Waals surface area contributed by atoms with Gasteiger partial charge in [0.15, 0.2) is 5.69 Å². The van der Waals surface area contributed by atoms with E-state index in [1.165, 1.54) is 12.1 Å². The Balaban J connectivity index is 2.06. The van der Waals surface area contributed by atoms with Crippen molar-refractivity contribution in [3.63, 3.8) is 0 Å². The normalized spacial score (nSPS) is 14.2. The highest BCUT2D eigenvalue weighted by Crippen LogP contribution is 2.23. The zero-order valence-corrected chi connectivity index (χ0v) is 14.0. The van der Waals surface area contributed by atoms with Crippen molar-refractivity contribution in [3.05, 3.63) is 41.2 Å². The average molecular weight is 350 g/mol. The van der Waals surface area contributed by atoms with Gasteiger partial charge in [0.25, 0.3) is 0 Å². The van der Waals surface area contributed by atoms with Crippen LogP contribution in [0.4, 0.5) is 0 Å². The summed E-state index contributed by atoms with van der Waals surface area (Å²) < 4.78 is 29.5. The van der Waals surface area contributed by atoms with Crippen LogP contribution in [0.5, 0.6) is 0 Å². The standard InChI is InChI=1S/C15H18N4O4S/c1-2-23-15(20)14-12-9-17-8-7-13(12)19(18-14)10-3-5-11(6-4-10)24(16,21)22/h3-6,17H,2,7-9H2,1H3,(H2,16,21,22). The Labute approximate surface area is 139 Å². The van der Waals surface area contributed by atoms with Gasteiger partial charge in [-0.25, -0.2) is 23.0 Å². The molecule has 8 nitrogen and oxygen atoms in total. The molecule has 1 aromatic heterocycles. The Hall–Kier alpha value is -2.23. The van der Waals surface area contributed by atoms with Crippen LogP contribution in [0.2, 0.25) is 0 Å². The largest absolute Gasteiger partial charge is 0.461 e. The minimum atomic E-state index is -3.75. The number of fused-ring (bicyclic) bond motifs is 1. The van der Waals surface area contributed by atoms with E-state index in [9.17, 15) is 13.2 Å². The number of nitrogens with zero attached hydrogens (tertiary/aromatic N) is 2. The van der Waals surface area contributed by atoms with Gasteiger partial charge in [-0.2, -0.15) is 5.10 Å². The molecule has 0 saturated heterocycles. The number of ether oxygens (including phenoxy) is 1. The van der Waals surface area contributed by atoms with Crippen LogP contribution in [-0.4, -0.2) is 37.3 Å². The van der Waals surface area contributed by atoms with Crippen molar-refractivity contribution in [2.45, 2.75) is 24.8 Å². The maximum atomic E-state index is 12.1. The maximum Gasteiger partial charge on any atom is 0.359 e. The fraction of sp³-hybridized carbons (Fsp3) is 0.333. The van der Waals surface area contributed by atoms with E-state index in [1.54, 1.807) is 23.7 Å². The Kier molecular flexibility index (Phi) is 4.39. The lowest BCUT2D eigenvalue weighted by atomic mass is 10.1. The molecule has 1 aromatic carbocycles. The van der Waals surface area contributed by atoms with Crippen LogP contribution in [0.3, 0.4) is 0 Å². The summed E-state index contributed by atoms with van der Waals surface area (Å²) in [6.45, 7) is 3.33. The number of nitrogens with one attached hydrogen (secondary N) is 1. The summed E-state index contributed by atoms with van der Waals surface area (Å²) in [7, 11) is -3.75. The number of primary sulfonamides is 1. The predicted molar refractivity (Wildman–Crippen MR) is 86.3 cm³/mol. The molecule has 0 spiro atoms. The van der Waals surface area contributed by atoms with E-state index in [0.29, 0.717) is 18.7 Å². The molecular formula is C15H18N4O4S. The van der Waals surface area contributed by atoms with Crippen molar-refractivity contribution in [3.8, 4) is 5.69 Å². The SMILES string of the molecule is CCOC(=O)c1nn(-c2ccc(S(N)(=O)=O)cc2)c2c1CNCC2. The Morgan fingerprint density at radius 2 is 2.08 bits per heavy atom. The van der Waals surface area contributed by atoms with E-state index in [-0.39, 0.29) is 17.2 Å². The van der Waals surface area contributed by atoms with Gasteiger partial charge < -0.3 is 10.1 Å². The number of esters is 1. The van der Waals surface area contributed by atoms with E-state index < -0.39 is 16.0 Å². The third-order valence-electron chi connectivity index (χ3n) is 3.81. The summed E-state index contributed by atoms with van der Waals surface area (Å²) in [4.78, 5) is 12.2. The quantitative estimate of drug-likeness (QED) is 0.768. The van der Waals surface area contributed by atoms with Crippen molar-refractivity contribution in [2.75, 3.05) is 13.2 Å². The molecule has 0 bridgehead atoms. The van der Waals surface area contributed by atoms with Crippen molar-refractivity contribution < 1.29 is 17.9 Å². The first kappa shape index (κ1) is 16.6. The smallest absolute Gasteiger partial charge is 0.359 e. The third-order valence-corrected chi connectivity index (χ3v) is 4.74. The van der Waals surface area contributed by atoms with Gasteiger partial charge in [-0.15, -0.1) is 0 Å². The molecule has 1 aliphatic rings. The van der Waals surface area contributed by atoms with Crippen LogP contribution < -0.4 is 10.5 Å². The molecule has 0 fully saturated rings. The molecule has 0 saturated carbocycles. The molecule has 3 N–H and O–H groups in total. The molecule has 3 rings (SSSR count). The Bertz CT molecular complexity index is 872. The first-order valence-electron chi connectivity index (χ1n) is 7.53. The van der Waals surface area contributed by atoms with Gasteiger partial charge in [0.2, 0.25) is 10.0 Å². The second-order valence-electron chi connectivity index (χ2n) is 5.37. The predicted octanol–water partition coefficient (Wildman–Crippen LogP) is 0.342. The number of hydrogen-bond acceptors (Lipinski definition) is 6. The number of carbonyl (C=O) groups excluding carboxylic acids is 1. The minimum Gasteiger partial charge on any atom is -0.461 e. The van der Waals surface area contributed by atoms with Crippen molar-refractivity contribution >= 4 is 16.0 Å². The van der Waals surface area contributed by atoms with Gasteiger partial charge >= 0.3 is 5.97 Å². The summed E-state index contributed by atoms with van der Waals surface area (Å²) in [5.74, 6) is -0.461. The van der Waals surface area contributed by atoms with Crippen LogP contribution in [0.25, 0.3) is 5.69 Å². The van der Waals surface area contributed by atoms with Crippen LogP contribution in [0.1, 0.15) is 28.7 Å². The van der Waals surface area contributed by atoms with E-state index >= 15 is 0 Å². The fourth-order valence-corrected chi connectivity index (χ4v) is 3.22. The van der Waals surface area contributed by atoms with Crippen LogP contribution in [0.15, 0.2) is 29.2 Å². The highest BCUT2D eigenvalue weighted by Gasteiger charge is 2.26. The van der Waals surface area contributed by atoms with Crippen molar-refractivity contribution in [1.82, 2.24) is 15.1 Å². The molecular weight excluding hydrogens is 332 g/mol. The van der Waals surface area contributed by atoms with Crippen LogP contribution in [-0.2, 0) is 27.7 Å². The zero-order chi connectivity index (χ0) is 17.3. The van der Waals surface area contributed by atoms with Gasteiger partial charge in [0, 0.05) is 25.1 Å². The molecule has 0 atom stereocenters. The summed E-state index contributed by atoms with van der Waals surface area (Å²) in [5.41, 5.74) is 2.68. The molecule has 1 aliphatic heterocycles. The highest BCUT2D eigenvalue weighted by molar-refractivity contribution is 7.89. The number of carbonyl (C=O) groups is 1. The number of rotatable bonds is 4. The van der Waals surface area contributed by atoms with E-state index in [1.807, 2.05) is 0 Å². The van der Waals surface area contributed by atoms with Crippen molar-refractivity contribution in [2.24, 2.45) is 5.14 Å². The van der Waals surface area contributed by atoms with Crippen LogP contribution >= 0.6 is 0 Å². The number of nitrogens with two attached hydrogens (primary N) is 1. The monoisotopic (exact) mass is 350 g/mol. The minimum absolute atomic E-state index is 0.0274. The molecule has 2 heterocycles. The Morgan fingerprint density at radius 1 is 1.38 bits per heavy atom. The van der Waals surface area contributed by atoms with Crippen molar-refractivity contribution in [1.29, 1.82) is 0 Å². The number of sulfonamides is 1. The van der Waals surface area contributed by atoms with E-state index in [0.717, 1.165) is 17.8 Å². The van der Waals surface area contributed by atoms with Crippen LogP contribution in [0, 0.1) is 0 Å². The highest BCUT2D eigenvalue weighted by atomic mass is 32.2. The topological polar surface area (TPSA) is 116 Å². The average Bonchev–Trinajstić information content (AvgIpc) is 2.94. The van der Waals surface area contributed by atoms with Gasteiger partial charge in [0.05, 0.1) is 22.9 Å². The fourth-order valence-electron chi connectivity index (χ4n) is 2.70. The van der Waals surface area contributed by atoms with Gasteiger partial charge in [-0.3, -0.25) is 0 Å². The molecule has 0 amide bonds. The lowest BCUT2D eigenvalue weighted by molar-refractivity contribution is 0.0517. The second-order valence-corrected chi connectivity index (χ2v) is 6.93. The molecule has 2 aromatic rings. The second kappa shape index (κ2) is 6.34. The first-order chi connectivity index (χ1) is 11.4. The number of benzene rings is 1. The number of hydrogen-bond donors (Lipinski definition) is 2. The lowest BCUT2D eigenvalue weighted by Gasteiger charge is -2.15. The van der Waals surface area contributed by atoms with Gasteiger partial charge in [-0.1, -0.05) is 0 Å². The zero-order valence-electron chi connectivity index (χ0n) is 13.2. The van der Waals surface area contributed by atoms with E-state index in [2.05, 4.69) is 10.4 Å². The summed E-state index contributed by atoms with van der Waals surface area (Å²) in [6.07, 6.45) is 0.707. The third kappa shape index (κ3) is 3.05. The summed E-state index contributed by atoms with van der Waals surface area (Å²) in [5, 5.41) is 12.7.